The number of rotatable bonds is 4. The van der Waals surface area contributed by atoms with Crippen LogP contribution in [0, 0.1) is 0 Å². The molecule has 3 heteroatoms. The molecule has 1 atom stereocenters. The Labute approximate surface area is 79.1 Å². The van der Waals surface area contributed by atoms with Crippen molar-refractivity contribution in [3.05, 3.63) is 24.0 Å². The highest BCUT2D eigenvalue weighted by molar-refractivity contribution is 5.32. The highest BCUT2D eigenvalue weighted by atomic mass is 16.5. The van der Waals surface area contributed by atoms with Crippen molar-refractivity contribution in [2.45, 2.75) is 19.9 Å². The van der Waals surface area contributed by atoms with Gasteiger partial charge in [-0.2, -0.15) is 0 Å². The van der Waals surface area contributed by atoms with E-state index in [9.17, 15) is 0 Å². The first kappa shape index (κ1) is 9.99. The summed E-state index contributed by atoms with van der Waals surface area (Å²) in [5.41, 5.74) is 1.15. The Morgan fingerprint density at radius 2 is 2.38 bits per heavy atom. The molecule has 1 N–H and O–H groups in total. The molecule has 72 valence electrons. The van der Waals surface area contributed by atoms with Gasteiger partial charge in [0.15, 0.2) is 0 Å². The van der Waals surface area contributed by atoms with Crippen molar-refractivity contribution in [1.82, 2.24) is 10.3 Å². The zero-order valence-corrected chi connectivity index (χ0v) is 8.37. The Bertz CT molecular complexity index is 263. The van der Waals surface area contributed by atoms with E-state index in [1.54, 1.807) is 19.5 Å². The lowest BCUT2D eigenvalue weighted by molar-refractivity contribution is 0.400. The molecule has 13 heavy (non-hydrogen) atoms. The lowest BCUT2D eigenvalue weighted by Crippen LogP contribution is -2.18. The Morgan fingerprint density at radius 1 is 1.62 bits per heavy atom. The molecule has 1 aromatic heterocycles. The largest absolute Gasteiger partial charge is 0.495 e. The fourth-order valence-corrected chi connectivity index (χ4v) is 1.34. The van der Waals surface area contributed by atoms with Crippen LogP contribution in [-0.2, 0) is 0 Å². The summed E-state index contributed by atoms with van der Waals surface area (Å²) in [5.74, 6) is 0.843. The van der Waals surface area contributed by atoms with Crippen molar-refractivity contribution >= 4 is 0 Å². The molecule has 3 nitrogen and oxygen atoms in total. The highest BCUT2D eigenvalue weighted by Gasteiger charge is 2.08. The van der Waals surface area contributed by atoms with Gasteiger partial charge in [0.05, 0.1) is 13.3 Å². The number of hydrogen-bond acceptors (Lipinski definition) is 3. The van der Waals surface area contributed by atoms with E-state index < -0.39 is 0 Å². The molecule has 1 heterocycles. The number of methoxy groups -OCH3 is 1. The average Bonchev–Trinajstić information content (AvgIpc) is 2.18. The summed E-state index contributed by atoms with van der Waals surface area (Å²) in [6.45, 7) is 5.15. The van der Waals surface area contributed by atoms with Gasteiger partial charge in [0, 0.05) is 17.8 Å². The molecule has 1 aromatic rings. The van der Waals surface area contributed by atoms with Crippen molar-refractivity contribution in [2.75, 3.05) is 13.7 Å². The second-order valence-electron chi connectivity index (χ2n) is 2.90. The molecule has 0 aromatic carbocycles. The highest BCUT2D eigenvalue weighted by Crippen LogP contribution is 2.22. The van der Waals surface area contributed by atoms with E-state index in [0.717, 1.165) is 17.9 Å². The first-order valence-corrected chi connectivity index (χ1v) is 4.50. The molecule has 1 unspecified atom stereocenters. The number of nitrogens with zero attached hydrogens (tertiary/aromatic N) is 1. The van der Waals surface area contributed by atoms with Crippen LogP contribution in [0.4, 0.5) is 0 Å². The van der Waals surface area contributed by atoms with Gasteiger partial charge in [-0.25, -0.2) is 0 Å². The summed E-state index contributed by atoms with van der Waals surface area (Å²) >= 11 is 0. The minimum atomic E-state index is 0.308. The Hall–Kier alpha value is -1.09. The number of nitrogens with one attached hydrogen (secondary N) is 1. The molecule has 0 spiro atoms. The number of pyridine rings is 1. The minimum Gasteiger partial charge on any atom is -0.495 e. The van der Waals surface area contributed by atoms with Gasteiger partial charge >= 0.3 is 0 Å². The van der Waals surface area contributed by atoms with Gasteiger partial charge in [-0.15, -0.1) is 0 Å². The van der Waals surface area contributed by atoms with Crippen LogP contribution in [0.3, 0.4) is 0 Å². The molecule has 0 aliphatic heterocycles. The third-order valence-corrected chi connectivity index (χ3v) is 2.01. The van der Waals surface area contributed by atoms with E-state index in [1.807, 2.05) is 6.07 Å². The number of hydrogen-bond donors (Lipinski definition) is 1. The standard InChI is InChI=1S/C10H16N2O/c1-4-12-8(2)9-5-6-11-7-10(9)13-3/h5-8,12H,4H2,1-3H3. The summed E-state index contributed by atoms with van der Waals surface area (Å²) in [4.78, 5) is 4.01. The van der Waals surface area contributed by atoms with E-state index >= 15 is 0 Å². The maximum atomic E-state index is 5.21. The van der Waals surface area contributed by atoms with E-state index in [-0.39, 0.29) is 0 Å². The van der Waals surface area contributed by atoms with Crippen LogP contribution in [0.25, 0.3) is 0 Å². The van der Waals surface area contributed by atoms with Gasteiger partial charge in [-0.3, -0.25) is 4.98 Å². The third kappa shape index (κ3) is 2.42. The van der Waals surface area contributed by atoms with Crippen LogP contribution in [0.1, 0.15) is 25.5 Å². The monoisotopic (exact) mass is 180 g/mol. The molecule has 0 saturated carbocycles. The van der Waals surface area contributed by atoms with Gasteiger partial charge in [0.25, 0.3) is 0 Å². The molecule has 1 rings (SSSR count). The quantitative estimate of drug-likeness (QED) is 0.766. The van der Waals surface area contributed by atoms with E-state index in [1.165, 1.54) is 0 Å². The maximum absolute atomic E-state index is 5.21. The molecule has 0 saturated heterocycles. The molecule has 0 aliphatic rings. The first-order chi connectivity index (χ1) is 6.29. The van der Waals surface area contributed by atoms with Crippen LogP contribution in [0.15, 0.2) is 18.5 Å². The van der Waals surface area contributed by atoms with E-state index in [2.05, 4.69) is 24.1 Å². The molecule has 0 amide bonds. The van der Waals surface area contributed by atoms with Crippen molar-refractivity contribution in [3.8, 4) is 5.75 Å². The molecular formula is C10H16N2O. The summed E-state index contributed by atoms with van der Waals surface area (Å²) in [6, 6.07) is 2.29. The second-order valence-corrected chi connectivity index (χ2v) is 2.90. The summed E-state index contributed by atoms with van der Waals surface area (Å²) in [7, 11) is 1.67. The fraction of sp³-hybridized carbons (Fsp3) is 0.500. The van der Waals surface area contributed by atoms with E-state index in [4.69, 9.17) is 4.74 Å². The normalized spacial score (nSPS) is 12.5. The van der Waals surface area contributed by atoms with Crippen LogP contribution < -0.4 is 10.1 Å². The lowest BCUT2D eigenvalue weighted by atomic mass is 10.1. The number of aromatic nitrogens is 1. The predicted molar refractivity (Wildman–Crippen MR) is 52.9 cm³/mol. The van der Waals surface area contributed by atoms with Gasteiger partial charge < -0.3 is 10.1 Å². The maximum Gasteiger partial charge on any atom is 0.141 e. The van der Waals surface area contributed by atoms with Crippen molar-refractivity contribution in [1.29, 1.82) is 0 Å². The van der Waals surface area contributed by atoms with Gasteiger partial charge in [-0.05, 0) is 19.5 Å². The Balaban J connectivity index is 2.85. The SMILES string of the molecule is CCNC(C)c1ccncc1OC. The summed E-state index contributed by atoms with van der Waals surface area (Å²) < 4.78 is 5.21. The lowest BCUT2D eigenvalue weighted by Gasteiger charge is -2.15. The third-order valence-electron chi connectivity index (χ3n) is 2.01. The average molecular weight is 180 g/mol. The zero-order chi connectivity index (χ0) is 9.68. The van der Waals surface area contributed by atoms with Crippen LogP contribution >= 0.6 is 0 Å². The molecule has 0 radical (unpaired) electrons. The van der Waals surface area contributed by atoms with Gasteiger partial charge in [0.1, 0.15) is 5.75 Å². The zero-order valence-electron chi connectivity index (χ0n) is 8.37. The van der Waals surface area contributed by atoms with E-state index in [0.29, 0.717) is 6.04 Å². The summed E-state index contributed by atoms with van der Waals surface area (Å²) in [5, 5.41) is 3.33. The molecule has 0 bridgehead atoms. The minimum absolute atomic E-state index is 0.308. The van der Waals surface area contributed by atoms with Gasteiger partial charge in [-0.1, -0.05) is 6.92 Å². The van der Waals surface area contributed by atoms with Crippen molar-refractivity contribution in [2.24, 2.45) is 0 Å². The van der Waals surface area contributed by atoms with Crippen LogP contribution in [-0.4, -0.2) is 18.6 Å². The molecule has 0 aliphatic carbocycles. The predicted octanol–water partition coefficient (Wildman–Crippen LogP) is 1.76. The Morgan fingerprint density at radius 3 is 3.00 bits per heavy atom. The number of ether oxygens (including phenoxy) is 1. The second kappa shape index (κ2) is 4.82. The van der Waals surface area contributed by atoms with Crippen LogP contribution in [0.5, 0.6) is 5.75 Å². The fourth-order valence-electron chi connectivity index (χ4n) is 1.34. The van der Waals surface area contributed by atoms with Crippen molar-refractivity contribution in [3.63, 3.8) is 0 Å². The van der Waals surface area contributed by atoms with Crippen LogP contribution in [0.2, 0.25) is 0 Å². The van der Waals surface area contributed by atoms with Crippen molar-refractivity contribution < 1.29 is 4.74 Å². The topological polar surface area (TPSA) is 34.2 Å². The molecular weight excluding hydrogens is 164 g/mol. The molecule has 0 fully saturated rings. The first-order valence-electron chi connectivity index (χ1n) is 4.50. The summed E-state index contributed by atoms with van der Waals surface area (Å²) in [6.07, 6.45) is 3.52. The smallest absolute Gasteiger partial charge is 0.141 e. The van der Waals surface area contributed by atoms with Gasteiger partial charge in [0.2, 0.25) is 0 Å². The Kier molecular flexibility index (Phi) is 3.71.